The van der Waals surface area contributed by atoms with Crippen LogP contribution in [0.5, 0.6) is 0 Å². The van der Waals surface area contributed by atoms with Gasteiger partial charge in [-0.15, -0.1) is 0 Å². The first kappa shape index (κ1) is 15.6. The van der Waals surface area contributed by atoms with Crippen LogP contribution in [-0.2, 0) is 15.5 Å². The van der Waals surface area contributed by atoms with Crippen molar-refractivity contribution in [2.24, 2.45) is 0 Å². The summed E-state index contributed by atoms with van der Waals surface area (Å²) in [6.07, 6.45) is 3.61. The van der Waals surface area contributed by atoms with E-state index >= 15 is 0 Å². The number of hydrogen-bond acceptors (Lipinski definition) is 2. The highest BCUT2D eigenvalue weighted by Crippen LogP contribution is 2.28. The third-order valence-electron chi connectivity index (χ3n) is 3.62. The Morgan fingerprint density at radius 3 is 2.80 bits per heavy atom. The molecule has 1 aromatic rings. The molecule has 1 saturated heterocycles. The van der Waals surface area contributed by atoms with Crippen LogP contribution in [0.2, 0.25) is 0 Å². The first-order chi connectivity index (χ1) is 9.61. The minimum Gasteiger partial charge on any atom is -0.377 e. The monoisotopic (exact) mass is 302 g/mol. The molecule has 20 heavy (non-hydrogen) atoms. The average Bonchev–Trinajstić information content (AvgIpc) is 2.43. The quantitative estimate of drug-likeness (QED) is 0.828. The summed E-state index contributed by atoms with van der Waals surface area (Å²) in [7, 11) is -1.21. The molecular formula is C15H20F2O2S. The van der Waals surface area contributed by atoms with E-state index in [9.17, 15) is 13.0 Å². The molecule has 5 heteroatoms. The molecule has 1 heterocycles. The molecule has 112 valence electrons. The van der Waals surface area contributed by atoms with Gasteiger partial charge in [0.05, 0.1) is 17.1 Å². The second kappa shape index (κ2) is 7.27. The second-order valence-corrected chi connectivity index (χ2v) is 6.76. The van der Waals surface area contributed by atoms with E-state index in [0.29, 0.717) is 24.3 Å². The van der Waals surface area contributed by atoms with Gasteiger partial charge in [-0.1, -0.05) is 13.0 Å². The largest absolute Gasteiger partial charge is 0.377 e. The third-order valence-corrected chi connectivity index (χ3v) is 5.54. The zero-order valence-corrected chi connectivity index (χ0v) is 12.4. The molecule has 1 aromatic carbocycles. The van der Waals surface area contributed by atoms with Crippen molar-refractivity contribution >= 4 is 10.8 Å². The molecular weight excluding hydrogens is 282 g/mol. The third kappa shape index (κ3) is 3.85. The van der Waals surface area contributed by atoms with Crippen LogP contribution < -0.4 is 0 Å². The van der Waals surface area contributed by atoms with Crippen LogP contribution in [0, 0.1) is 11.6 Å². The van der Waals surface area contributed by atoms with Gasteiger partial charge in [-0.2, -0.15) is 0 Å². The van der Waals surface area contributed by atoms with E-state index in [0.717, 1.165) is 25.3 Å². The molecule has 0 radical (unpaired) electrons. The molecule has 3 atom stereocenters. The molecule has 0 aromatic heterocycles. The van der Waals surface area contributed by atoms with E-state index in [1.807, 2.05) is 6.92 Å². The Balaban J connectivity index is 2.08. The van der Waals surface area contributed by atoms with Crippen molar-refractivity contribution in [2.45, 2.75) is 44.0 Å². The molecule has 0 saturated carbocycles. The fraction of sp³-hybridized carbons (Fsp3) is 0.600. The van der Waals surface area contributed by atoms with Crippen LogP contribution in [0.25, 0.3) is 0 Å². The van der Waals surface area contributed by atoms with Gasteiger partial charge in [0.1, 0.15) is 11.6 Å². The molecule has 0 unspecified atom stereocenters. The summed E-state index contributed by atoms with van der Waals surface area (Å²) in [6, 6.07) is 3.47. The number of rotatable bonds is 5. The molecule has 0 aliphatic carbocycles. The van der Waals surface area contributed by atoms with E-state index in [-0.39, 0.29) is 6.10 Å². The summed E-state index contributed by atoms with van der Waals surface area (Å²) in [5, 5.41) is -0.402. The highest BCUT2D eigenvalue weighted by atomic mass is 32.2. The standard InChI is InChI=1S/C15H20F2O2S/c1-2-15(13-7-6-11(16)9-14(13)17)20(18)10-12-5-3-4-8-19-12/h6-7,9,12,15H,2-5,8,10H2,1H3/t12-,15-,20-/m1/s1. The molecule has 0 bridgehead atoms. The van der Waals surface area contributed by atoms with Crippen molar-refractivity contribution < 1.29 is 17.7 Å². The minimum absolute atomic E-state index is 0.00198. The molecule has 0 spiro atoms. The maximum atomic E-state index is 13.8. The van der Waals surface area contributed by atoms with Gasteiger partial charge in [-0.3, -0.25) is 4.21 Å². The lowest BCUT2D eigenvalue weighted by Crippen LogP contribution is -2.27. The molecule has 1 fully saturated rings. The Labute approximate surface area is 121 Å². The van der Waals surface area contributed by atoms with E-state index in [2.05, 4.69) is 0 Å². The number of ether oxygens (including phenoxy) is 1. The number of hydrogen-bond donors (Lipinski definition) is 0. The second-order valence-electron chi connectivity index (χ2n) is 5.10. The molecule has 1 aliphatic heterocycles. The van der Waals surface area contributed by atoms with Gasteiger partial charge < -0.3 is 4.74 Å². The number of halogens is 2. The van der Waals surface area contributed by atoms with Crippen LogP contribution in [0.1, 0.15) is 43.4 Å². The van der Waals surface area contributed by atoms with E-state index in [1.165, 1.54) is 12.1 Å². The zero-order chi connectivity index (χ0) is 14.5. The highest BCUT2D eigenvalue weighted by molar-refractivity contribution is 7.85. The van der Waals surface area contributed by atoms with Gasteiger partial charge in [0, 0.05) is 29.0 Å². The van der Waals surface area contributed by atoms with E-state index < -0.39 is 27.7 Å². The lowest BCUT2D eigenvalue weighted by molar-refractivity contribution is 0.0309. The Morgan fingerprint density at radius 2 is 2.20 bits per heavy atom. The zero-order valence-electron chi connectivity index (χ0n) is 11.6. The first-order valence-electron chi connectivity index (χ1n) is 7.05. The normalized spacial score (nSPS) is 22.4. The SMILES string of the molecule is CC[C@H](c1ccc(F)cc1F)[S@](=O)C[C@H]1CCCCO1. The predicted octanol–water partition coefficient (Wildman–Crippen LogP) is 3.73. The van der Waals surface area contributed by atoms with Crippen LogP contribution in [-0.4, -0.2) is 22.7 Å². The van der Waals surface area contributed by atoms with Gasteiger partial charge >= 0.3 is 0 Å². The lowest BCUT2D eigenvalue weighted by atomic mass is 10.1. The van der Waals surface area contributed by atoms with Crippen molar-refractivity contribution in [1.82, 2.24) is 0 Å². The molecule has 2 nitrogen and oxygen atoms in total. The van der Waals surface area contributed by atoms with Crippen molar-refractivity contribution in [3.63, 3.8) is 0 Å². The highest BCUT2D eigenvalue weighted by Gasteiger charge is 2.25. The first-order valence-corrected chi connectivity index (χ1v) is 8.43. The van der Waals surface area contributed by atoms with Crippen molar-refractivity contribution in [3.05, 3.63) is 35.4 Å². The molecule has 0 amide bonds. The minimum atomic E-state index is -1.21. The molecule has 1 aliphatic rings. The Morgan fingerprint density at radius 1 is 1.40 bits per heavy atom. The summed E-state index contributed by atoms with van der Waals surface area (Å²) in [5.74, 6) is -0.799. The summed E-state index contributed by atoms with van der Waals surface area (Å²) < 4.78 is 44.8. The Kier molecular flexibility index (Phi) is 5.66. The predicted molar refractivity (Wildman–Crippen MR) is 76.0 cm³/mol. The van der Waals surface area contributed by atoms with Crippen LogP contribution >= 0.6 is 0 Å². The van der Waals surface area contributed by atoms with Crippen LogP contribution in [0.3, 0.4) is 0 Å². The van der Waals surface area contributed by atoms with Crippen molar-refractivity contribution in [3.8, 4) is 0 Å². The lowest BCUT2D eigenvalue weighted by Gasteiger charge is -2.24. The fourth-order valence-corrected chi connectivity index (χ4v) is 4.26. The smallest absolute Gasteiger partial charge is 0.130 e. The van der Waals surface area contributed by atoms with Crippen molar-refractivity contribution in [1.29, 1.82) is 0 Å². The van der Waals surface area contributed by atoms with Gasteiger partial charge in [0.25, 0.3) is 0 Å². The average molecular weight is 302 g/mol. The topological polar surface area (TPSA) is 26.3 Å². The van der Waals surface area contributed by atoms with Crippen LogP contribution in [0.4, 0.5) is 8.78 Å². The van der Waals surface area contributed by atoms with Gasteiger partial charge in [0.15, 0.2) is 0 Å². The van der Waals surface area contributed by atoms with Gasteiger partial charge in [0.2, 0.25) is 0 Å². The summed E-state index contributed by atoms with van der Waals surface area (Å²) in [5.41, 5.74) is 0.336. The van der Waals surface area contributed by atoms with Crippen LogP contribution in [0.15, 0.2) is 18.2 Å². The number of benzene rings is 1. The summed E-state index contributed by atoms with van der Waals surface area (Å²) >= 11 is 0. The summed E-state index contributed by atoms with van der Waals surface area (Å²) in [6.45, 7) is 2.58. The summed E-state index contributed by atoms with van der Waals surface area (Å²) in [4.78, 5) is 0. The molecule has 2 rings (SSSR count). The Hall–Kier alpha value is -0.810. The maximum Gasteiger partial charge on any atom is 0.130 e. The van der Waals surface area contributed by atoms with Crippen molar-refractivity contribution in [2.75, 3.05) is 12.4 Å². The van der Waals surface area contributed by atoms with Gasteiger partial charge in [-0.25, -0.2) is 8.78 Å². The van der Waals surface area contributed by atoms with Gasteiger partial charge in [-0.05, 0) is 31.7 Å². The fourth-order valence-electron chi connectivity index (χ4n) is 2.55. The molecule has 0 N–H and O–H groups in total. The van der Waals surface area contributed by atoms with E-state index in [1.54, 1.807) is 0 Å². The Bertz CT molecular complexity index is 473. The maximum absolute atomic E-state index is 13.8. The van der Waals surface area contributed by atoms with E-state index in [4.69, 9.17) is 4.74 Å².